The zero-order valence-electron chi connectivity index (χ0n) is 19.6. The van der Waals surface area contributed by atoms with Crippen LogP contribution in [0.2, 0.25) is 0 Å². The number of amides is 2. The Labute approximate surface area is 199 Å². The molecule has 2 aromatic carbocycles. The van der Waals surface area contributed by atoms with Crippen molar-refractivity contribution in [3.8, 4) is 16.9 Å². The van der Waals surface area contributed by atoms with E-state index in [1.165, 1.54) is 0 Å². The number of piperazine rings is 1. The molecule has 1 fully saturated rings. The number of rotatable bonds is 4. The van der Waals surface area contributed by atoms with Crippen LogP contribution in [0.5, 0.6) is 5.75 Å². The Kier molecular flexibility index (Phi) is 5.71. The number of nitrogens with one attached hydrogen (secondary N) is 2. The van der Waals surface area contributed by atoms with Crippen LogP contribution in [0.15, 0.2) is 48.7 Å². The molecule has 0 spiro atoms. The van der Waals surface area contributed by atoms with Crippen LogP contribution in [-0.2, 0) is 4.79 Å². The number of likely N-dealkylation sites (N-methyl/N-ethyl adjacent to an activating group) is 1. The summed E-state index contributed by atoms with van der Waals surface area (Å²) in [4.78, 5) is 33.4. The number of ether oxygens (including phenoxy) is 1. The van der Waals surface area contributed by atoms with Gasteiger partial charge in [0.2, 0.25) is 0 Å². The Hall–Kier alpha value is -3.84. The highest BCUT2D eigenvalue weighted by atomic mass is 16.5. The molecule has 3 aromatic rings. The summed E-state index contributed by atoms with van der Waals surface area (Å²) in [5.41, 5.74) is 6.35. The van der Waals surface area contributed by atoms with Gasteiger partial charge in [0.1, 0.15) is 5.75 Å². The van der Waals surface area contributed by atoms with Gasteiger partial charge in [0.05, 0.1) is 18.2 Å². The monoisotopic (exact) mass is 456 g/mol. The summed E-state index contributed by atoms with van der Waals surface area (Å²) in [5, 5.41) is 2.98. The van der Waals surface area contributed by atoms with E-state index >= 15 is 0 Å². The van der Waals surface area contributed by atoms with Gasteiger partial charge in [-0.2, -0.15) is 0 Å². The lowest BCUT2D eigenvalue weighted by Gasteiger charge is -2.32. The minimum absolute atomic E-state index is 0.0276. The van der Waals surface area contributed by atoms with E-state index in [1.54, 1.807) is 13.3 Å². The molecule has 0 atom stereocenters. The van der Waals surface area contributed by atoms with Gasteiger partial charge in [0, 0.05) is 49.3 Å². The van der Waals surface area contributed by atoms with Crippen LogP contribution in [-0.4, -0.2) is 66.9 Å². The number of aromatic nitrogens is 1. The van der Waals surface area contributed by atoms with E-state index in [0.29, 0.717) is 11.1 Å². The fourth-order valence-corrected chi connectivity index (χ4v) is 4.63. The summed E-state index contributed by atoms with van der Waals surface area (Å²) in [6, 6.07) is 13.6. The molecule has 34 heavy (non-hydrogen) atoms. The largest absolute Gasteiger partial charge is 0.497 e. The molecule has 0 bridgehead atoms. The molecule has 2 N–H and O–H groups in total. The van der Waals surface area contributed by atoms with Crippen molar-refractivity contribution < 1.29 is 14.3 Å². The second-order valence-corrected chi connectivity index (χ2v) is 8.81. The molecule has 1 saturated heterocycles. The minimum atomic E-state index is -0.161. The predicted octanol–water partition coefficient (Wildman–Crippen LogP) is 3.88. The van der Waals surface area contributed by atoms with E-state index in [9.17, 15) is 9.59 Å². The van der Waals surface area contributed by atoms with E-state index in [1.807, 2.05) is 60.4 Å². The molecular weight excluding hydrogens is 428 g/mol. The van der Waals surface area contributed by atoms with Gasteiger partial charge >= 0.3 is 0 Å². The van der Waals surface area contributed by atoms with Gasteiger partial charge in [-0.1, -0.05) is 24.3 Å². The quantitative estimate of drug-likeness (QED) is 0.584. The van der Waals surface area contributed by atoms with Gasteiger partial charge < -0.3 is 24.8 Å². The van der Waals surface area contributed by atoms with E-state index in [4.69, 9.17) is 4.74 Å². The van der Waals surface area contributed by atoms with Gasteiger partial charge in [0.25, 0.3) is 11.8 Å². The number of methoxy groups -OCH3 is 1. The van der Waals surface area contributed by atoms with Crippen LogP contribution in [0, 0.1) is 6.92 Å². The van der Waals surface area contributed by atoms with Gasteiger partial charge in [-0.3, -0.25) is 9.59 Å². The zero-order chi connectivity index (χ0) is 23.8. The second-order valence-electron chi connectivity index (χ2n) is 8.81. The number of aromatic amines is 1. The lowest BCUT2D eigenvalue weighted by atomic mass is 9.94. The Morgan fingerprint density at radius 1 is 1.09 bits per heavy atom. The molecule has 1 aromatic heterocycles. The average Bonchev–Trinajstić information content (AvgIpc) is 3.38. The summed E-state index contributed by atoms with van der Waals surface area (Å²) in [7, 11) is 3.71. The fraction of sp³-hybridized carbons (Fsp3) is 0.259. The molecular formula is C27H28N4O3. The maximum atomic E-state index is 13.1. The van der Waals surface area contributed by atoms with Crippen molar-refractivity contribution in [3.05, 3.63) is 71.0 Å². The lowest BCUT2D eigenvalue weighted by Crippen LogP contribution is -2.47. The molecule has 0 saturated carbocycles. The average molecular weight is 457 g/mol. The van der Waals surface area contributed by atoms with E-state index in [2.05, 4.69) is 22.2 Å². The third-order valence-corrected chi connectivity index (χ3v) is 6.70. The van der Waals surface area contributed by atoms with Gasteiger partial charge in [-0.25, -0.2) is 0 Å². The Morgan fingerprint density at radius 3 is 2.62 bits per heavy atom. The molecule has 174 valence electrons. The summed E-state index contributed by atoms with van der Waals surface area (Å²) in [6.07, 6.45) is 3.60. The first-order valence-corrected chi connectivity index (χ1v) is 11.4. The molecule has 0 radical (unpaired) electrons. The number of benzene rings is 2. The van der Waals surface area contributed by atoms with E-state index in [-0.39, 0.29) is 11.8 Å². The van der Waals surface area contributed by atoms with Crippen molar-refractivity contribution in [1.29, 1.82) is 0 Å². The van der Waals surface area contributed by atoms with Crippen molar-refractivity contribution in [2.24, 2.45) is 0 Å². The summed E-state index contributed by atoms with van der Waals surface area (Å²) in [5.74, 6) is 0.622. The number of nitrogens with zero attached hydrogens (tertiary/aromatic N) is 2. The highest BCUT2D eigenvalue weighted by Crippen LogP contribution is 2.41. The zero-order valence-corrected chi connectivity index (χ0v) is 19.6. The normalized spacial score (nSPS) is 17.1. The number of hydrogen-bond acceptors (Lipinski definition) is 4. The maximum absolute atomic E-state index is 13.1. The number of carbonyl (C=O) groups excluding carboxylic acids is 2. The smallest absolute Gasteiger partial charge is 0.256 e. The third-order valence-electron chi connectivity index (χ3n) is 6.70. The highest BCUT2D eigenvalue weighted by molar-refractivity contribution is 6.36. The van der Waals surface area contributed by atoms with Crippen LogP contribution in [0.4, 0.5) is 5.69 Å². The standard InChI is InChI=1S/C27H28N4O3/c1-17-22(27(33)31-12-10-30(2)11-13-31)16-28-24(17)15-21-25-20(8-5-9-23(25)29-26(21)32)18-6-4-7-19(14-18)34-3/h4-9,14-16,28H,10-13H2,1-3H3,(H,29,32). The van der Waals surface area contributed by atoms with Crippen LogP contribution in [0.1, 0.15) is 27.2 Å². The number of hydrogen-bond donors (Lipinski definition) is 2. The SMILES string of the molecule is COc1cccc(-c2cccc3c2C(=Cc2[nH]cc(C(=O)N4CCN(C)CC4)c2C)C(=O)N3)c1. The van der Waals surface area contributed by atoms with Gasteiger partial charge in [0.15, 0.2) is 0 Å². The van der Waals surface area contributed by atoms with Crippen LogP contribution in [0.3, 0.4) is 0 Å². The van der Waals surface area contributed by atoms with Crippen molar-refractivity contribution in [3.63, 3.8) is 0 Å². The predicted molar refractivity (Wildman–Crippen MR) is 134 cm³/mol. The number of H-pyrrole nitrogens is 1. The van der Waals surface area contributed by atoms with Crippen molar-refractivity contribution in [2.45, 2.75) is 6.92 Å². The Balaban J connectivity index is 1.52. The molecule has 5 rings (SSSR count). The molecule has 7 heteroatoms. The molecule has 7 nitrogen and oxygen atoms in total. The van der Waals surface area contributed by atoms with Gasteiger partial charge in [-0.05, 0) is 54.9 Å². The van der Waals surface area contributed by atoms with E-state index in [0.717, 1.165) is 65.6 Å². The van der Waals surface area contributed by atoms with Crippen LogP contribution in [0.25, 0.3) is 22.8 Å². The highest BCUT2D eigenvalue weighted by Gasteiger charge is 2.29. The lowest BCUT2D eigenvalue weighted by molar-refractivity contribution is -0.110. The van der Waals surface area contributed by atoms with Crippen molar-refractivity contribution in [1.82, 2.24) is 14.8 Å². The summed E-state index contributed by atoms with van der Waals surface area (Å²) in [6.45, 7) is 5.10. The number of carbonyl (C=O) groups is 2. The minimum Gasteiger partial charge on any atom is -0.497 e. The molecule has 2 aliphatic rings. The number of anilines is 1. The van der Waals surface area contributed by atoms with Crippen molar-refractivity contribution in [2.75, 3.05) is 45.7 Å². The summed E-state index contributed by atoms with van der Waals surface area (Å²) >= 11 is 0. The molecule has 3 heterocycles. The second kappa shape index (κ2) is 8.83. The molecule has 2 amide bonds. The van der Waals surface area contributed by atoms with Gasteiger partial charge in [-0.15, -0.1) is 0 Å². The van der Waals surface area contributed by atoms with Crippen LogP contribution >= 0.6 is 0 Å². The van der Waals surface area contributed by atoms with E-state index < -0.39 is 0 Å². The first kappa shape index (κ1) is 22.0. The van der Waals surface area contributed by atoms with Crippen molar-refractivity contribution >= 4 is 29.2 Å². The Bertz CT molecular complexity index is 1300. The maximum Gasteiger partial charge on any atom is 0.256 e. The molecule has 0 aliphatic carbocycles. The topological polar surface area (TPSA) is 77.7 Å². The third kappa shape index (κ3) is 3.88. The molecule has 0 unspecified atom stereocenters. The summed E-state index contributed by atoms with van der Waals surface area (Å²) < 4.78 is 5.40. The molecule has 2 aliphatic heterocycles. The first-order chi connectivity index (χ1) is 16.5. The van der Waals surface area contributed by atoms with Crippen LogP contribution < -0.4 is 10.1 Å². The number of fused-ring (bicyclic) bond motifs is 1. The fourth-order valence-electron chi connectivity index (χ4n) is 4.63. The Morgan fingerprint density at radius 2 is 1.85 bits per heavy atom. The first-order valence-electron chi connectivity index (χ1n) is 11.4.